The van der Waals surface area contributed by atoms with Crippen LogP contribution in [0, 0.1) is 0 Å². The molecule has 2 aromatic rings. The van der Waals surface area contributed by atoms with Crippen LogP contribution in [-0.2, 0) is 13.0 Å². The zero-order valence-corrected chi connectivity index (χ0v) is 17.6. The smallest absolute Gasteiger partial charge is 0.324 e. The highest BCUT2D eigenvalue weighted by Crippen LogP contribution is 2.29. The molecule has 6 nitrogen and oxygen atoms in total. The van der Waals surface area contributed by atoms with E-state index in [1.54, 1.807) is 12.1 Å². The number of rotatable bonds is 4. The van der Waals surface area contributed by atoms with Crippen LogP contribution in [0.5, 0.6) is 0 Å². The number of piperazine rings is 1. The summed E-state index contributed by atoms with van der Waals surface area (Å²) >= 11 is 0. The second kappa shape index (κ2) is 8.58. The number of carbonyl (C=O) groups excluding carboxylic acids is 2. The molecule has 1 saturated heterocycles. The number of aliphatic hydroxyl groups excluding tert-OH is 1. The number of fused-ring (bicyclic) bond motifs is 1. The van der Waals surface area contributed by atoms with E-state index < -0.39 is 6.61 Å². The first-order chi connectivity index (χ1) is 14.5. The maximum absolute atomic E-state index is 13.2. The Morgan fingerprint density at radius 2 is 1.67 bits per heavy atom. The van der Waals surface area contributed by atoms with Crippen LogP contribution in [0.15, 0.2) is 48.5 Å². The highest BCUT2D eigenvalue weighted by Gasteiger charge is 2.35. The third kappa shape index (κ3) is 3.98. The van der Waals surface area contributed by atoms with E-state index in [1.807, 2.05) is 40.1 Å². The molecule has 4 rings (SSSR count). The Labute approximate surface area is 177 Å². The van der Waals surface area contributed by atoms with E-state index in [-0.39, 0.29) is 23.9 Å². The summed E-state index contributed by atoms with van der Waals surface area (Å²) in [6, 6.07) is 16.2. The molecule has 2 aliphatic heterocycles. The van der Waals surface area contributed by atoms with Crippen LogP contribution in [0.2, 0.25) is 0 Å². The van der Waals surface area contributed by atoms with Gasteiger partial charge in [0, 0.05) is 49.5 Å². The van der Waals surface area contributed by atoms with Gasteiger partial charge in [0.05, 0.1) is 0 Å². The Hall–Kier alpha value is -2.70. The monoisotopic (exact) mass is 407 g/mol. The third-order valence-electron chi connectivity index (χ3n) is 6.27. The molecule has 0 bridgehead atoms. The van der Waals surface area contributed by atoms with Crippen molar-refractivity contribution in [2.45, 2.75) is 38.9 Å². The quantitative estimate of drug-likeness (QED) is 0.792. The molecule has 2 aromatic carbocycles. The lowest BCUT2D eigenvalue weighted by Crippen LogP contribution is -2.59. The molecule has 0 saturated carbocycles. The van der Waals surface area contributed by atoms with Gasteiger partial charge in [0.15, 0.2) is 5.78 Å². The summed E-state index contributed by atoms with van der Waals surface area (Å²) < 4.78 is 0. The fourth-order valence-corrected chi connectivity index (χ4v) is 4.63. The predicted molar refractivity (Wildman–Crippen MR) is 117 cm³/mol. The lowest BCUT2D eigenvalue weighted by atomic mass is 10.0. The topological polar surface area (TPSA) is 64.1 Å². The number of ketones is 1. The SMILES string of the molecule is C[C@@H]1CN(C(=O)N2CCc3ccccc32)C[C@H](C)N1Cc1ccc(C(=O)CO)cc1. The van der Waals surface area contributed by atoms with Crippen LogP contribution in [0.3, 0.4) is 0 Å². The average Bonchev–Trinajstić information content (AvgIpc) is 3.19. The molecule has 1 fully saturated rings. The number of Topliss-reactive ketones (excluding diaryl/α,β-unsaturated/α-hetero) is 1. The fourth-order valence-electron chi connectivity index (χ4n) is 4.63. The molecule has 30 heavy (non-hydrogen) atoms. The van der Waals surface area contributed by atoms with Crippen LogP contribution in [0.1, 0.15) is 35.3 Å². The van der Waals surface area contributed by atoms with Gasteiger partial charge in [-0.05, 0) is 37.5 Å². The Bertz CT molecular complexity index is 916. The van der Waals surface area contributed by atoms with Crippen LogP contribution in [0.4, 0.5) is 10.5 Å². The summed E-state index contributed by atoms with van der Waals surface area (Å²) in [6.07, 6.45) is 0.918. The molecule has 2 heterocycles. The first-order valence-electron chi connectivity index (χ1n) is 10.6. The molecule has 2 aliphatic rings. The average molecular weight is 408 g/mol. The molecule has 2 amide bonds. The van der Waals surface area contributed by atoms with Crippen molar-refractivity contribution in [2.24, 2.45) is 0 Å². The van der Waals surface area contributed by atoms with Gasteiger partial charge in [0.25, 0.3) is 0 Å². The number of hydrogen-bond donors (Lipinski definition) is 1. The number of nitrogens with zero attached hydrogens (tertiary/aromatic N) is 3. The highest BCUT2D eigenvalue weighted by atomic mass is 16.3. The number of amides is 2. The summed E-state index contributed by atoms with van der Waals surface area (Å²) in [6.45, 7) is 6.77. The van der Waals surface area contributed by atoms with Gasteiger partial charge in [-0.25, -0.2) is 4.79 Å². The molecule has 0 spiro atoms. The van der Waals surface area contributed by atoms with Crippen molar-refractivity contribution in [2.75, 3.05) is 31.1 Å². The van der Waals surface area contributed by atoms with E-state index in [1.165, 1.54) is 5.56 Å². The Balaban J connectivity index is 1.41. The minimum absolute atomic E-state index is 0.102. The predicted octanol–water partition coefficient (Wildman–Crippen LogP) is 2.94. The maximum Gasteiger partial charge on any atom is 0.324 e. The number of aliphatic hydroxyl groups is 1. The van der Waals surface area contributed by atoms with E-state index in [0.717, 1.165) is 30.8 Å². The van der Waals surface area contributed by atoms with Crippen molar-refractivity contribution in [3.8, 4) is 0 Å². The number of anilines is 1. The van der Waals surface area contributed by atoms with Crippen LogP contribution in [0.25, 0.3) is 0 Å². The van der Waals surface area contributed by atoms with Crippen molar-refractivity contribution in [3.05, 3.63) is 65.2 Å². The zero-order chi connectivity index (χ0) is 21.3. The van der Waals surface area contributed by atoms with E-state index >= 15 is 0 Å². The second-order valence-electron chi connectivity index (χ2n) is 8.37. The Morgan fingerprint density at radius 1 is 1.00 bits per heavy atom. The minimum atomic E-state index is -0.467. The molecule has 1 N–H and O–H groups in total. The van der Waals surface area contributed by atoms with Gasteiger partial charge in [-0.1, -0.05) is 42.5 Å². The molecule has 0 radical (unpaired) electrons. The van der Waals surface area contributed by atoms with E-state index in [0.29, 0.717) is 18.7 Å². The number of carbonyl (C=O) groups is 2. The molecule has 158 valence electrons. The lowest BCUT2D eigenvalue weighted by Gasteiger charge is -2.45. The summed E-state index contributed by atoms with van der Waals surface area (Å²) in [5, 5.41) is 9.00. The zero-order valence-electron chi connectivity index (χ0n) is 17.6. The number of hydrogen-bond acceptors (Lipinski definition) is 4. The van der Waals surface area contributed by atoms with Gasteiger partial charge in [-0.3, -0.25) is 14.6 Å². The molecule has 0 aliphatic carbocycles. The highest BCUT2D eigenvalue weighted by molar-refractivity contribution is 5.97. The lowest BCUT2D eigenvalue weighted by molar-refractivity contribution is 0.0510. The number of urea groups is 1. The van der Waals surface area contributed by atoms with Gasteiger partial charge in [0.2, 0.25) is 0 Å². The summed E-state index contributed by atoms with van der Waals surface area (Å²) in [7, 11) is 0. The normalized spacial score (nSPS) is 21.6. The molecular formula is C24H29N3O3. The van der Waals surface area contributed by atoms with Gasteiger partial charge >= 0.3 is 6.03 Å². The summed E-state index contributed by atoms with van der Waals surface area (Å²) in [5.74, 6) is -0.265. The van der Waals surface area contributed by atoms with Crippen LogP contribution in [-0.4, -0.2) is 65.0 Å². The van der Waals surface area contributed by atoms with Gasteiger partial charge in [0.1, 0.15) is 6.61 Å². The van der Waals surface area contributed by atoms with Gasteiger partial charge < -0.3 is 10.0 Å². The van der Waals surface area contributed by atoms with Crippen molar-refractivity contribution in [1.29, 1.82) is 0 Å². The van der Waals surface area contributed by atoms with Crippen LogP contribution < -0.4 is 4.90 Å². The van der Waals surface area contributed by atoms with Crippen molar-refractivity contribution in [3.63, 3.8) is 0 Å². The van der Waals surface area contributed by atoms with Crippen LogP contribution >= 0.6 is 0 Å². The van der Waals surface area contributed by atoms with Crippen molar-refractivity contribution < 1.29 is 14.7 Å². The summed E-state index contributed by atoms with van der Waals surface area (Å²) in [4.78, 5) is 31.1. The third-order valence-corrected chi connectivity index (χ3v) is 6.27. The van der Waals surface area contributed by atoms with Crippen molar-refractivity contribution >= 4 is 17.5 Å². The minimum Gasteiger partial charge on any atom is -0.388 e. The molecular weight excluding hydrogens is 378 g/mol. The number of para-hydroxylation sites is 1. The van der Waals surface area contributed by atoms with Gasteiger partial charge in [-0.15, -0.1) is 0 Å². The first kappa shape index (κ1) is 20.6. The molecule has 0 unspecified atom stereocenters. The van der Waals surface area contributed by atoms with Crippen molar-refractivity contribution in [1.82, 2.24) is 9.80 Å². The molecule has 2 atom stereocenters. The molecule has 6 heteroatoms. The second-order valence-corrected chi connectivity index (χ2v) is 8.37. The largest absolute Gasteiger partial charge is 0.388 e. The van der Waals surface area contributed by atoms with Gasteiger partial charge in [-0.2, -0.15) is 0 Å². The Morgan fingerprint density at radius 3 is 2.33 bits per heavy atom. The first-order valence-corrected chi connectivity index (χ1v) is 10.6. The van der Waals surface area contributed by atoms with E-state index in [4.69, 9.17) is 5.11 Å². The fraction of sp³-hybridized carbons (Fsp3) is 0.417. The summed E-state index contributed by atoms with van der Waals surface area (Å²) in [5.41, 5.74) is 3.94. The van der Waals surface area contributed by atoms with E-state index in [2.05, 4.69) is 24.8 Å². The standard InChI is InChI=1S/C24H29N3O3/c1-17-13-25(24(30)26-12-11-20-5-3-4-6-22(20)26)14-18(2)27(17)15-19-7-9-21(10-8-19)23(29)16-28/h3-10,17-18,28H,11-16H2,1-2H3/t17-,18+. The Kier molecular flexibility index (Phi) is 5.88. The number of benzene rings is 2. The maximum atomic E-state index is 13.2. The van der Waals surface area contributed by atoms with E-state index in [9.17, 15) is 9.59 Å². The molecule has 0 aromatic heterocycles.